The molecule has 152 valence electrons. The largest absolute Gasteiger partial charge is 0.338 e. The van der Waals surface area contributed by atoms with Gasteiger partial charge in [0.05, 0.1) is 11.6 Å². The van der Waals surface area contributed by atoms with Crippen LogP contribution in [0.2, 0.25) is 0 Å². The summed E-state index contributed by atoms with van der Waals surface area (Å²) in [6.45, 7) is 1.18. The zero-order chi connectivity index (χ0) is 20.7. The Labute approximate surface area is 175 Å². The van der Waals surface area contributed by atoms with Crippen LogP contribution in [0.25, 0.3) is 0 Å². The number of hydrogen-bond acceptors (Lipinski definition) is 3. The number of carbonyl (C=O) groups excluding carboxylic acids is 2. The summed E-state index contributed by atoms with van der Waals surface area (Å²) in [5.41, 5.74) is 4.15. The van der Waals surface area contributed by atoms with Crippen LogP contribution >= 0.6 is 0 Å². The number of nitrogens with zero attached hydrogens (tertiary/aromatic N) is 3. The van der Waals surface area contributed by atoms with Crippen molar-refractivity contribution in [1.82, 2.24) is 15.1 Å². The van der Waals surface area contributed by atoms with Gasteiger partial charge < -0.3 is 9.80 Å². The van der Waals surface area contributed by atoms with Gasteiger partial charge in [0.15, 0.2) is 0 Å². The third-order valence-corrected chi connectivity index (χ3v) is 6.45. The van der Waals surface area contributed by atoms with Gasteiger partial charge in [-0.05, 0) is 23.6 Å². The van der Waals surface area contributed by atoms with Crippen molar-refractivity contribution in [2.24, 2.45) is 0 Å². The highest BCUT2D eigenvalue weighted by molar-refractivity contribution is 6.10. The summed E-state index contributed by atoms with van der Waals surface area (Å²) in [7, 11) is 1.80. The minimum absolute atomic E-state index is 0.0104. The lowest BCUT2D eigenvalue weighted by Crippen LogP contribution is -2.46. The quantitative estimate of drug-likeness (QED) is 0.732. The van der Waals surface area contributed by atoms with E-state index in [0.717, 1.165) is 34.5 Å². The van der Waals surface area contributed by atoms with Gasteiger partial charge >= 0.3 is 0 Å². The monoisotopic (exact) mass is 400 g/mol. The van der Waals surface area contributed by atoms with Gasteiger partial charge in [0, 0.05) is 49.9 Å². The number of aromatic amines is 1. The Balaban J connectivity index is 1.51. The summed E-state index contributed by atoms with van der Waals surface area (Å²) in [6, 6.07) is 17.8. The summed E-state index contributed by atoms with van der Waals surface area (Å²) in [4.78, 5) is 30.6. The topological polar surface area (TPSA) is 69.3 Å². The number of rotatable bonds is 4. The number of carbonyl (C=O) groups is 2. The fourth-order valence-corrected chi connectivity index (χ4v) is 4.87. The van der Waals surface area contributed by atoms with Crippen LogP contribution in [0.5, 0.6) is 0 Å². The van der Waals surface area contributed by atoms with E-state index < -0.39 is 5.41 Å². The molecular weight excluding hydrogens is 376 g/mol. The third kappa shape index (κ3) is 2.91. The number of hydrogen-bond donors (Lipinski definition) is 1. The first kappa shape index (κ1) is 18.6. The van der Waals surface area contributed by atoms with Gasteiger partial charge in [-0.2, -0.15) is 5.10 Å². The van der Waals surface area contributed by atoms with E-state index in [0.29, 0.717) is 19.5 Å². The first-order chi connectivity index (χ1) is 14.6. The molecule has 1 N–H and O–H groups in total. The van der Waals surface area contributed by atoms with Crippen molar-refractivity contribution in [2.45, 2.75) is 31.2 Å². The van der Waals surface area contributed by atoms with Crippen LogP contribution < -0.4 is 4.90 Å². The summed E-state index contributed by atoms with van der Waals surface area (Å²) in [5, 5.41) is 7.11. The van der Waals surface area contributed by atoms with Gasteiger partial charge in [0.2, 0.25) is 11.8 Å². The average Bonchev–Trinajstić information content (AvgIpc) is 3.32. The van der Waals surface area contributed by atoms with Crippen LogP contribution in [-0.2, 0) is 34.4 Å². The van der Waals surface area contributed by atoms with E-state index in [1.807, 2.05) is 59.5 Å². The normalized spacial score (nSPS) is 20.2. The first-order valence-electron chi connectivity index (χ1n) is 10.3. The molecule has 1 aromatic heterocycles. The summed E-state index contributed by atoms with van der Waals surface area (Å²) in [5.74, 6) is -0.00172. The molecule has 2 aromatic carbocycles. The number of anilines is 1. The second-order valence-corrected chi connectivity index (χ2v) is 8.24. The van der Waals surface area contributed by atoms with Crippen LogP contribution in [0, 0.1) is 0 Å². The Kier molecular flexibility index (Phi) is 4.42. The number of fused-ring (bicyclic) bond motifs is 2. The van der Waals surface area contributed by atoms with Crippen LogP contribution in [0.1, 0.15) is 28.8 Å². The van der Waals surface area contributed by atoms with E-state index in [1.165, 1.54) is 0 Å². The van der Waals surface area contributed by atoms with Crippen molar-refractivity contribution in [2.75, 3.05) is 18.5 Å². The maximum atomic E-state index is 13.6. The predicted molar refractivity (Wildman–Crippen MR) is 114 cm³/mol. The highest BCUT2D eigenvalue weighted by Gasteiger charge is 2.51. The minimum Gasteiger partial charge on any atom is -0.338 e. The highest BCUT2D eigenvalue weighted by Crippen LogP contribution is 2.46. The number of aromatic nitrogens is 2. The number of nitrogens with one attached hydrogen (secondary N) is 1. The molecule has 5 rings (SSSR count). The van der Waals surface area contributed by atoms with E-state index in [2.05, 4.69) is 10.2 Å². The van der Waals surface area contributed by atoms with Gasteiger partial charge in [-0.1, -0.05) is 48.5 Å². The molecule has 3 heterocycles. The number of para-hydroxylation sites is 1. The number of H-pyrrole nitrogens is 1. The molecule has 0 saturated heterocycles. The number of benzene rings is 2. The number of likely N-dealkylation sites (N-methyl/N-ethyl adjacent to an activating group) is 1. The smallest absolute Gasteiger partial charge is 0.238 e. The van der Waals surface area contributed by atoms with E-state index in [9.17, 15) is 9.59 Å². The molecular formula is C24H24N4O2. The second-order valence-electron chi connectivity index (χ2n) is 8.24. The molecule has 30 heavy (non-hydrogen) atoms. The lowest BCUT2D eigenvalue weighted by atomic mass is 9.73. The lowest BCUT2D eigenvalue weighted by Gasteiger charge is -2.33. The van der Waals surface area contributed by atoms with Gasteiger partial charge in [-0.15, -0.1) is 0 Å². The molecule has 0 fully saturated rings. The molecule has 1 atom stereocenters. The maximum Gasteiger partial charge on any atom is 0.238 e. The lowest BCUT2D eigenvalue weighted by molar-refractivity contribution is -0.137. The molecule has 2 amide bonds. The SMILES string of the molecule is CN1C(=O)C(CC(=O)N2CCc3[nH]ncc3C2)(Cc2ccccc2)c2ccccc21. The molecule has 6 heteroatoms. The van der Waals surface area contributed by atoms with Crippen molar-refractivity contribution >= 4 is 17.5 Å². The third-order valence-electron chi connectivity index (χ3n) is 6.45. The molecule has 0 radical (unpaired) electrons. The van der Waals surface area contributed by atoms with Gasteiger partial charge in [-0.3, -0.25) is 14.7 Å². The molecule has 1 unspecified atom stereocenters. The van der Waals surface area contributed by atoms with E-state index >= 15 is 0 Å². The van der Waals surface area contributed by atoms with Crippen molar-refractivity contribution in [1.29, 1.82) is 0 Å². The molecule has 6 nitrogen and oxygen atoms in total. The van der Waals surface area contributed by atoms with Crippen LogP contribution in [0.3, 0.4) is 0 Å². The summed E-state index contributed by atoms with van der Waals surface area (Å²) < 4.78 is 0. The fourth-order valence-electron chi connectivity index (χ4n) is 4.87. The van der Waals surface area contributed by atoms with Crippen LogP contribution in [-0.4, -0.2) is 40.5 Å². The average molecular weight is 400 g/mol. The summed E-state index contributed by atoms with van der Waals surface area (Å²) in [6.07, 6.45) is 3.22. The zero-order valence-corrected chi connectivity index (χ0v) is 17.0. The Morgan fingerprint density at radius 2 is 1.90 bits per heavy atom. The molecule has 3 aromatic rings. The van der Waals surface area contributed by atoms with Crippen molar-refractivity contribution in [3.63, 3.8) is 0 Å². The van der Waals surface area contributed by atoms with Crippen LogP contribution in [0.4, 0.5) is 5.69 Å². The fraction of sp³-hybridized carbons (Fsp3) is 0.292. The van der Waals surface area contributed by atoms with Crippen molar-refractivity contribution in [3.05, 3.63) is 83.2 Å². The second kappa shape index (κ2) is 7.13. The zero-order valence-electron chi connectivity index (χ0n) is 17.0. The van der Waals surface area contributed by atoms with Gasteiger partial charge in [-0.25, -0.2) is 0 Å². The highest BCUT2D eigenvalue weighted by atomic mass is 16.2. The predicted octanol–water partition coefficient (Wildman–Crippen LogP) is 2.84. The van der Waals surface area contributed by atoms with E-state index in [-0.39, 0.29) is 18.2 Å². The van der Waals surface area contributed by atoms with Gasteiger partial charge in [0.25, 0.3) is 0 Å². The molecule has 2 aliphatic rings. The Morgan fingerprint density at radius 3 is 2.73 bits per heavy atom. The Hall–Kier alpha value is -3.41. The Bertz CT molecular complexity index is 1110. The molecule has 0 spiro atoms. The maximum absolute atomic E-state index is 13.6. The van der Waals surface area contributed by atoms with Crippen molar-refractivity contribution < 1.29 is 9.59 Å². The number of amides is 2. The van der Waals surface area contributed by atoms with Gasteiger partial charge in [0.1, 0.15) is 0 Å². The first-order valence-corrected chi connectivity index (χ1v) is 10.3. The molecule has 0 aliphatic carbocycles. The standard InChI is InChI=1S/C24H24N4O2/c1-27-21-10-6-5-9-19(21)24(23(27)30,13-17-7-3-2-4-8-17)14-22(29)28-12-11-20-18(16-28)15-25-26-20/h2-10,15H,11-14,16H2,1H3,(H,25,26). The van der Waals surface area contributed by atoms with E-state index in [1.54, 1.807) is 18.1 Å². The van der Waals surface area contributed by atoms with E-state index in [4.69, 9.17) is 0 Å². The minimum atomic E-state index is -0.888. The molecule has 2 aliphatic heterocycles. The van der Waals surface area contributed by atoms with Crippen molar-refractivity contribution in [3.8, 4) is 0 Å². The molecule has 0 bridgehead atoms. The molecule has 0 saturated carbocycles. The van der Waals surface area contributed by atoms with Crippen LogP contribution in [0.15, 0.2) is 60.8 Å². The summed E-state index contributed by atoms with van der Waals surface area (Å²) >= 11 is 0. The Morgan fingerprint density at radius 1 is 1.13 bits per heavy atom.